The molecule has 1 aromatic heterocycles. The second kappa shape index (κ2) is 10.3. The molecule has 0 aliphatic heterocycles. The molecule has 1 heterocycles. The predicted octanol–water partition coefficient (Wildman–Crippen LogP) is 4.44. The van der Waals surface area contributed by atoms with E-state index in [4.69, 9.17) is 4.42 Å². The number of carbonyl (C=O) groups is 2. The van der Waals surface area contributed by atoms with Crippen LogP contribution in [0.5, 0.6) is 0 Å². The van der Waals surface area contributed by atoms with Gasteiger partial charge < -0.3 is 14.2 Å². The SMILES string of the molecule is CCCN(CC(=O)N(CCc1ccccc1)Cc1ccc(C)o1)C(=O)C(C)(C)C. The van der Waals surface area contributed by atoms with Crippen molar-refractivity contribution >= 4 is 11.8 Å². The summed E-state index contributed by atoms with van der Waals surface area (Å²) in [5.74, 6) is 1.53. The van der Waals surface area contributed by atoms with Gasteiger partial charge in [-0.15, -0.1) is 0 Å². The van der Waals surface area contributed by atoms with E-state index < -0.39 is 5.41 Å². The molecule has 0 unspecified atom stereocenters. The predicted molar refractivity (Wildman–Crippen MR) is 115 cm³/mol. The Hall–Kier alpha value is -2.56. The lowest BCUT2D eigenvalue weighted by Gasteiger charge is -2.31. The fourth-order valence-electron chi connectivity index (χ4n) is 3.22. The lowest BCUT2D eigenvalue weighted by atomic mass is 9.94. The Balaban J connectivity index is 2.13. The van der Waals surface area contributed by atoms with E-state index in [2.05, 4.69) is 12.1 Å². The average molecular weight is 399 g/mol. The fraction of sp³-hybridized carbons (Fsp3) is 0.500. The number of aryl methyl sites for hydroxylation is 1. The number of carbonyl (C=O) groups excluding carboxylic acids is 2. The van der Waals surface area contributed by atoms with Crippen molar-refractivity contribution in [2.45, 2.75) is 54.0 Å². The van der Waals surface area contributed by atoms with Gasteiger partial charge in [0.25, 0.3) is 0 Å². The highest BCUT2D eigenvalue weighted by Gasteiger charge is 2.29. The first-order valence-corrected chi connectivity index (χ1v) is 10.4. The van der Waals surface area contributed by atoms with E-state index in [0.29, 0.717) is 19.6 Å². The van der Waals surface area contributed by atoms with Gasteiger partial charge >= 0.3 is 0 Å². The van der Waals surface area contributed by atoms with Gasteiger partial charge in [0, 0.05) is 18.5 Å². The van der Waals surface area contributed by atoms with E-state index in [1.165, 1.54) is 5.56 Å². The maximum absolute atomic E-state index is 13.2. The number of rotatable bonds is 9. The van der Waals surface area contributed by atoms with Crippen LogP contribution in [0.15, 0.2) is 46.9 Å². The summed E-state index contributed by atoms with van der Waals surface area (Å²) >= 11 is 0. The van der Waals surface area contributed by atoms with Crippen molar-refractivity contribution in [3.8, 4) is 0 Å². The molecule has 0 saturated carbocycles. The Labute approximate surface area is 174 Å². The molecule has 0 fully saturated rings. The third-order valence-corrected chi connectivity index (χ3v) is 4.76. The maximum atomic E-state index is 13.2. The van der Waals surface area contributed by atoms with E-state index in [0.717, 1.165) is 24.4 Å². The fourth-order valence-corrected chi connectivity index (χ4v) is 3.22. The minimum absolute atomic E-state index is 0.00422. The number of amides is 2. The van der Waals surface area contributed by atoms with Crippen molar-refractivity contribution < 1.29 is 14.0 Å². The van der Waals surface area contributed by atoms with Crippen LogP contribution in [0, 0.1) is 12.3 Å². The number of hydrogen-bond acceptors (Lipinski definition) is 3. The summed E-state index contributed by atoms with van der Waals surface area (Å²) in [5.41, 5.74) is 0.666. The molecule has 5 nitrogen and oxygen atoms in total. The average Bonchev–Trinajstić information content (AvgIpc) is 3.09. The van der Waals surface area contributed by atoms with E-state index >= 15 is 0 Å². The Morgan fingerprint density at radius 2 is 1.66 bits per heavy atom. The molecule has 158 valence electrons. The third kappa shape index (κ3) is 7.08. The minimum atomic E-state index is -0.511. The maximum Gasteiger partial charge on any atom is 0.242 e. The second-order valence-electron chi connectivity index (χ2n) is 8.54. The Morgan fingerprint density at radius 1 is 0.966 bits per heavy atom. The molecule has 0 aliphatic rings. The number of furan rings is 1. The quantitative estimate of drug-likeness (QED) is 0.627. The topological polar surface area (TPSA) is 53.8 Å². The van der Waals surface area contributed by atoms with Crippen LogP contribution in [0.1, 0.15) is 51.2 Å². The molecular formula is C24H34N2O3. The van der Waals surface area contributed by atoms with E-state index in [1.54, 1.807) is 9.80 Å². The van der Waals surface area contributed by atoms with Crippen LogP contribution in [0.3, 0.4) is 0 Å². The summed E-state index contributed by atoms with van der Waals surface area (Å²) in [4.78, 5) is 29.5. The molecular weight excluding hydrogens is 364 g/mol. The highest BCUT2D eigenvalue weighted by atomic mass is 16.3. The molecule has 29 heavy (non-hydrogen) atoms. The molecule has 2 amide bonds. The zero-order valence-corrected chi connectivity index (χ0v) is 18.4. The molecule has 1 aromatic carbocycles. The van der Waals surface area contributed by atoms with Gasteiger partial charge in [0.15, 0.2) is 0 Å². The molecule has 0 saturated heterocycles. The number of nitrogens with zero attached hydrogens (tertiary/aromatic N) is 2. The van der Waals surface area contributed by atoms with Crippen LogP contribution >= 0.6 is 0 Å². The van der Waals surface area contributed by atoms with Crippen molar-refractivity contribution in [3.05, 3.63) is 59.5 Å². The standard InChI is InChI=1S/C24H34N2O3/c1-6-15-26(23(28)24(3,4)5)18-22(27)25(17-21-13-12-19(2)29-21)16-14-20-10-8-7-9-11-20/h7-13H,6,14-18H2,1-5H3. The van der Waals surface area contributed by atoms with E-state index in [9.17, 15) is 9.59 Å². The van der Waals surface area contributed by atoms with Gasteiger partial charge in [0.2, 0.25) is 11.8 Å². The highest BCUT2D eigenvalue weighted by Crippen LogP contribution is 2.18. The largest absolute Gasteiger partial charge is 0.464 e. The van der Waals surface area contributed by atoms with Gasteiger partial charge in [-0.1, -0.05) is 58.0 Å². The van der Waals surface area contributed by atoms with Crippen LogP contribution in [-0.2, 0) is 22.6 Å². The molecule has 0 radical (unpaired) electrons. The second-order valence-corrected chi connectivity index (χ2v) is 8.54. The number of benzene rings is 1. The van der Waals surface area contributed by atoms with Crippen molar-refractivity contribution in [3.63, 3.8) is 0 Å². The van der Waals surface area contributed by atoms with Crippen LogP contribution in [0.25, 0.3) is 0 Å². The van der Waals surface area contributed by atoms with Gasteiger partial charge in [-0.2, -0.15) is 0 Å². The molecule has 0 atom stereocenters. The smallest absolute Gasteiger partial charge is 0.242 e. The first kappa shape index (κ1) is 22.7. The zero-order valence-electron chi connectivity index (χ0n) is 18.4. The first-order valence-electron chi connectivity index (χ1n) is 10.4. The van der Waals surface area contributed by atoms with Gasteiger partial charge in [0.1, 0.15) is 11.5 Å². The van der Waals surface area contributed by atoms with Crippen molar-refractivity contribution in [2.24, 2.45) is 5.41 Å². The van der Waals surface area contributed by atoms with Crippen LogP contribution in [0.4, 0.5) is 0 Å². The van der Waals surface area contributed by atoms with E-state index in [-0.39, 0.29) is 18.4 Å². The van der Waals surface area contributed by atoms with Gasteiger partial charge in [-0.25, -0.2) is 0 Å². The molecule has 2 aromatic rings. The third-order valence-electron chi connectivity index (χ3n) is 4.76. The molecule has 5 heteroatoms. The van der Waals surface area contributed by atoms with Crippen LogP contribution in [0.2, 0.25) is 0 Å². The summed E-state index contributed by atoms with van der Waals surface area (Å²) in [7, 11) is 0. The molecule has 0 aliphatic carbocycles. The molecule has 2 rings (SSSR count). The first-order chi connectivity index (χ1) is 13.7. The van der Waals surface area contributed by atoms with Crippen molar-refractivity contribution in [2.75, 3.05) is 19.6 Å². The summed E-state index contributed by atoms with van der Waals surface area (Å²) in [6.07, 6.45) is 1.57. The van der Waals surface area contributed by atoms with E-state index in [1.807, 2.05) is 65.0 Å². The minimum Gasteiger partial charge on any atom is -0.464 e. The lowest BCUT2D eigenvalue weighted by molar-refractivity contribution is -0.145. The number of hydrogen-bond donors (Lipinski definition) is 0. The lowest BCUT2D eigenvalue weighted by Crippen LogP contribution is -2.47. The Morgan fingerprint density at radius 3 is 2.21 bits per heavy atom. The Kier molecular flexibility index (Phi) is 8.06. The zero-order chi connectivity index (χ0) is 21.4. The summed E-state index contributed by atoms with van der Waals surface area (Å²) < 4.78 is 5.70. The van der Waals surface area contributed by atoms with Gasteiger partial charge in [0.05, 0.1) is 13.1 Å². The molecule has 0 N–H and O–H groups in total. The van der Waals surface area contributed by atoms with Crippen molar-refractivity contribution in [1.29, 1.82) is 0 Å². The van der Waals surface area contributed by atoms with Crippen LogP contribution < -0.4 is 0 Å². The summed E-state index contributed by atoms with van der Waals surface area (Å²) in [5, 5.41) is 0. The summed E-state index contributed by atoms with van der Waals surface area (Å²) in [6.45, 7) is 11.2. The van der Waals surface area contributed by atoms with Gasteiger partial charge in [-0.3, -0.25) is 9.59 Å². The van der Waals surface area contributed by atoms with Gasteiger partial charge in [-0.05, 0) is 37.5 Å². The van der Waals surface area contributed by atoms with Crippen LogP contribution in [-0.4, -0.2) is 41.2 Å². The van der Waals surface area contributed by atoms with Crippen molar-refractivity contribution in [1.82, 2.24) is 9.80 Å². The normalized spacial score (nSPS) is 11.3. The molecule has 0 spiro atoms. The molecule has 0 bridgehead atoms. The summed E-state index contributed by atoms with van der Waals surface area (Å²) in [6, 6.07) is 13.9. The Bertz CT molecular complexity index is 790. The monoisotopic (exact) mass is 398 g/mol. The highest BCUT2D eigenvalue weighted by molar-refractivity contribution is 5.87.